The van der Waals surface area contributed by atoms with Gasteiger partial charge in [-0.05, 0) is 87.4 Å². The standard InChI is InChI=1S/C40H57N3O10S/c1-10-15-39(16-17-39)53-54(48,49)42-36(47)40(22-26(40)11-2)23-32(44)31-20-28(51-34-29-13-12-27(50-9)19-25(29)14-18-41-34)24-43(31)35(46)30(37(3,4)5)21-33(45)52-38(6,7)8/h12-14,18-19,26,28,30-31H,10-11,15-17,20-24H2,1-9H3,(H,42,47)/t26-,28-,30-,31+,40-/m1/s1. The number of hydrogen-bond acceptors (Lipinski definition) is 11. The van der Waals surface area contributed by atoms with E-state index in [1.165, 1.54) is 4.90 Å². The summed E-state index contributed by atoms with van der Waals surface area (Å²) in [7, 11) is -2.84. The molecule has 3 fully saturated rings. The average Bonchev–Trinajstić information content (AvgIpc) is 3.95. The molecule has 1 aromatic carbocycles. The number of carbonyl (C=O) groups is 4. The maximum Gasteiger partial charge on any atom is 0.362 e. The maximum atomic E-state index is 14.6. The Balaban J connectivity index is 1.42. The Morgan fingerprint density at radius 3 is 2.33 bits per heavy atom. The predicted molar refractivity (Wildman–Crippen MR) is 202 cm³/mol. The van der Waals surface area contributed by atoms with Gasteiger partial charge in [0.25, 0.3) is 0 Å². The SMILES string of the molecule is CCCC1(OS(=O)(=O)NC(=O)[C@@]2(CC(=O)[C@@H]3C[C@@H](Oc4nccc5cc(OC)ccc45)CN3C(=O)[C@@H](CC(=O)OC(C)(C)C)C(C)(C)C)C[C@H]2CC)CC1. The Morgan fingerprint density at radius 2 is 1.76 bits per heavy atom. The van der Waals surface area contributed by atoms with Gasteiger partial charge in [-0.1, -0.05) is 47.5 Å². The normalized spacial score (nSPS) is 24.1. The Hall–Kier alpha value is -3.78. The van der Waals surface area contributed by atoms with E-state index in [2.05, 4.69) is 9.71 Å². The summed E-state index contributed by atoms with van der Waals surface area (Å²) in [6.07, 6.45) is 3.96. The second-order valence-electron chi connectivity index (χ2n) is 17.4. The number of methoxy groups -OCH3 is 1. The fourth-order valence-corrected chi connectivity index (χ4v) is 9.00. The van der Waals surface area contributed by atoms with Gasteiger partial charge in [-0.2, -0.15) is 8.42 Å². The van der Waals surface area contributed by atoms with Crippen LogP contribution < -0.4 is 14.2 Å². The van der Waals surface area contributed by atoms with E-state index in [1.807, 2.05) is 52.8 Å². The molecule has 2 aliphatic carbocycles. The van der Waals surface area contributed by atoms with Crippen LogP contribution in [0.15, 0.2) is 30.5 Å². The van der Waals surface area contributed by atoms with Gasteiger partial charge in [-0.25, -0.2) is 13.9 Å². The minimum Gasteiger partial charge on any atom is -0.497 e. The number of nitrogens with zero attached hydrogens (tertiary/aromatic N) is 2. The minimum absolute atomic E-state index is 0.0303. The molecule has 3 aliphatic rings. The van der Waals surface area contributed by atoms with Crippen LogP contribution >= 0.6 is 0 Å². The molecule has 1 saturated heterocycles. The summed E-state index contributed by atoms with van der Waals surface area (Å²) in [5, 5.41) is 1.55. The second kappa shape index (κ2) is 15.4. The number of amides is 2. The molecule has 2 heterocycles. The molecular formula is C40H57N3O10S. The first-order chi connectivity index (χ1) is 25.1. The lowest BCUT2D eigenvalue weighted by atomic mass is 9.77. The van der Waals surface area contributed by atoms with Crippen molar-refractivity contribution < 1.29 is 46.0 Å². The molecule has 0 unspecified atom stereocenters. The van der Waals surface area contributed by atoms with Gasteiger partial charge >= 0.3 is 16.3 Å². The van der Waals surface area contributed by atoms with Crippen LogP contribution in [0.3, 0.4) is 0 Å². The van der Waals surface area contributed by atoms with Crippen LogP contribution in [-0.4, -0.2) is 78.9 Å². The van der Waals surface area contributed by atoms with Crippen LogP contribution in [0.25, 0.3) is 10.8 Å². The van der Waals surface area contributed by atoms with E-state index >= 15 is 0 Å². The summed E-state index contributed by atoms with van der Waals surface area (Å²) in [6, 6.07) is 6.31. The smallest absolute Gasteiger partial charge is 0.362 e. The lowest BCUT2D eigenvalue weighted by Crippen LogP contribution is -2.49. The van der Waals surface area contributed by atoms with Gasteiger partial charge in [-0.3, -0.25) is 19.2 Å². The van der Waals surface area contributed by atoms with E-state index in [4.69, 9.17) is 18.4 Å². The molecular weight excluding hydrogens is 715 g/mol. The van der Waals surface area contributed by atoms with Crippen LogP contribution in [0.1, 0.15) is 113 Å². The molecule has 13 nitrogen and oxygen atoms in total. The highest BCUT2D eigenvalue weighted by atomic mass is 32.2. The maximum absolute atomic E-state index is 14.6. The first-order valence-electron chi connectivity index (χ1n) is 19.1. The number of pyridine rings is 1. The summed E-state index contributed by atoms with van der Waals surface area (Å²) < 4.78 is 51.1. The summed E-state index contributed by atoms with van der Waals surface area (Å²) in [4.78, 5) is 61.9. The van der Waals surface area contributed by atoms with E-state index < -0.39 is 68.2 Å². The van der Waals surface area contributed by atoms with Crippen LogP contribution in [0.5, 0.6) is 11.6 Å². The number of benzene rings is 1. The van der Waals surface area contributed by atoms with E-state index in [-0.39, 0.29) is 37.5 Å². The highest BCUT2D eigenvalue weighted by molar-refractivity contribution is 7.85. The van der Waals surface area contributed by atoms with Gasteiger partial charge < -0.3 is 19.1 Å². The van der Waals surface area contributed by atoms with Gasteiger partial charge in [0.05, 0.1) is 43.1 Å². The molecule has 1 aromatic heterocycles. The molecule has 0 spiro atoms. The van der Waals surface area contributed by atoms with Crippen molar-refractivity contribution in [2.75, 3.05) is 13.7 Å². The van der Waals surface area contributed by atoms with Gasteiger partial charge in [0.2, 0.25) is 17.7 Å². The minimum atomic E-state index is -4.42. The van der Waals surface area contributed by atoms with Crippen LogP contribution in [-0.2, 0) is 38.4 Å². The van der Waals surface area contributed by atoms with Crippen molar-refractivity contribution in [1.29, 1.82) is 0 Å². The van der Waals surface area contributed by atoms with Gasteiger partial charge in [-0.15, -0.1) is 0 Å². The van der Waals surface area contributed by atoms with Crippen LogP contribution in [0, 0.1) is 22.7 Å². The third kappa shape index (κ3) is 9.53. The first kappa shape index (κ1) is 41.4. The summed E-state index contributed by atoms with van der Waals surface area (Å²) in [5.41, 5.74) is -3.50. The molecule has 298 valence electrons. The topological polar surface area (TPSA) is 167 Å². The van der Waals surface area contributed by atoms with Gasteiger partial charge in [0, 0.05) is 24.4 Å². The lowest BCUT2D eigenvalue weighted by Gasteiger charge is -2.35. The molecule has 2 amide bonds. The molecule has 2 saturated carbocycles. The van der Waals surface area contributed by atoms with Crippen molar-refractivity contribution in [3.05, 3.63) is 30.5 Å². The Bertz CT molecular complexity index is 1860. The van der Waals surface area contributed by atoms with Crippen molar-refractivity contribution in [2.45, 2.75) is 137 Å². The quantitative estimate of drug-likeness (QED) is 0.197. The van der Waals surface area contributed by atoms with Crippen molar-refractivity contribution in [3.8, 4) is 11.6 Å². The molecule has 0 bridgehead atoms. The van der Waals surface area contributed by atoms with Crippen LogP contribution in [0.2, 0.25) is 0 Å². The van der Waals surface area contributed by atoms with Crippen LogP contribution in [0.4, 0.5) is 0 Å². The number of rotatable bonds is 16. The Labute approximate surface area is 319 Å². The van der Waals surface area contributed by atoms with Crippen molar-refractivity contribution >= 4 is 44.6 Å². The molecule has 54 heavy (non-hydrogen) atoms. The molecule has 1 N–H and O–H groups in total. The number of esters is 1. The number of carbonyl (C=O) groups excluding carboxylic acids is 4. The molecule has 5 atom stereocenters. The van der Waals surface area contributed by atoms with E-state index in [0.29, 0.717) is 43.7 Å². The average molecular weight is 772 g/mol. The highest BCUT2D eigenvalue weighted by Crippen LogP contribution is 2.58. The molecule has 2 aromatic rings. The Morgan fingerprint density at radius 1 is 1.06 bits per heavy atom. The number of ketones is 1. The number of ether oxygens (including phenoxy) is 3. The molecule has 0 radical (unpaired) electrons. The number of nitrogens with one attached hydrogen (secondary N) is 1. The number of Topliss-reactive ketones (excluding diaryl/α,β-unsaturated/α-hetero) is 1. The first-order valence-corrected chi connectivity index (χ1v) is 20.5. The van der Waals surface area contributed by atoms with Gasteiger partial charge in [0.15, 0.2) is 5.78 Å². The highest BCUT2D eigenvalue weighted by Gasteiger charge is 2.62. The Kier molecular flexibility index (Phi) is 11.8. The van der Waals surface area contributed by atoms with Crippen molar-refractivity contribution in [1.82, 2.24) is 14.6 Å². The summed E-state index contributed by atoms with van der Waals surface area (Å²) in [5.74, 6) is -2.18. The second-order valence-corrected chi connectivity index (χ2v) is 18.7. The van der Waals surface area contributed by atoms with E-state index in [0.717, 1.165) is 17.2 Å². The fraction of sp³-hybridized carbons (Fsp3) is 0.675. The molecule has 1 aliphatic heterocycles. The third-order valence-corrected chi connectivity index (χ3v) is 12.0. The number of hydrogen-bond donors (Lipinski definition) is 1. The van der Waals surface area contributed by atoms with Crippen molar-refractivity contribution in [3.63, 3.8) is 0 Å². The van der Waals surface area contributed by atoms with E-state index in [9.17, 15) is 27.6 Å². The number of aromatic nitrogens is 1. The summed E-state index contributed by atoms with van der Waals surface area (Å²) >= 11 is 0. The number of fused-ring (bicyclic) bond motifs is 1. The van der Waals surface area contributed by atoms with Crippen molar-refractivity contribution in [2.24, 2.45) is 22.7 Å². The monoisotopic (exact) mass is 771 g/mol. The lowest BCUT2D eigenvalue weighted by molar-refractivity contribution is -0.161. The third-order valence-electron chi connectivity index (χ3n) is 10.9. The summed E-state index contributed by atoms with van der Waals surface area (Å²) in [6.45, 7) is 14.7. The number of likely N-dealkylation sites (tertiary alicyclic amines) is 1. The van der Waals surface area contributed by atoms with E-state index in [1.54, 1.807) is 40.1 Å². The predicted octanol–water partition coefficient (Wildman–Crippen LogP) is 6.07. The molecule has 14 heteroatoms. The molecule has 5 rings (SSSR count). The zero-order chi connectivity index (χ0) is 39.9. The largest absolute Gasteiger partial charge is 0.497 e. The zero-order valence-corrected chi connectivity index (χ0v) is 34.0. The zero-order valence-electron chi connectivity index (χ0n) is 33.2. The fourth-order valence-electron chi connectivity index (χ4n) is 7.81. The van der Waals surface area contributed by atoms with Gasteiger partial charge in [0.1, 0.15) is 17.5 Å².